The molecule has 0 aliphatic carbocycles. The van der Waals surface area contributed by atoms with E-state index in [1.54, 1.807) is 0 Å². The molecule has 0 radical (unpaired) electrons. The highest BCUT2D eigenvalue weighted by molar-refractivity contribution is 7.89. The van der Waals surface area contributed by atoms with E-state index in [4.69, 9.17) is 16.3 Å². The minimum atomic E-state index is -3.61. The van der Waals surface area contributed by atoms with Gasteiger partial charge in [-0.15, -0.1) is 0 Å². The molecule has 0 heterocycles. The lowest BCUT2D eigenvalue weighted by Crippen LogP contribution is -2.36. The van der Waals surface area contributed by atoms with E-state index in [0.717, 1.165) is 12.8 Å². The van der Waals surface area contributed by atoms with Crippen molar-refractivity contribution in [2.45, 2.75) is 44.0 Å². The number of benzene rings is 2. The molecular weight excluding hydrogens is 412 g/mol. The Morgan fingerprint density at radius 2 is 1.90 bits per heavy atom. The number of hydrogen-bond donors (Lipinski definition) is 2. The summed E-state index contributed by atoms with van der Waals surface area (Å²) in [5, 5.41) is 3.02. The monoisotopic (exact) mass is 438 g/mol. The van der Waals surface area contributed by atoms with Crippen LogP contribution in [0.15, 0.2) is 53.4 Å². The molecule has 2 N–H and O–H groups in total. The number of amides is 1. The summed E-state index contributed by atoms with van der Waals surface area (Å²) >= 11 is 6.13. The predicted octanol–water partition coefficient (Wildman–Crippen LogP) is 3.54. The molecule has 0 spiro atoms. The summed E-state index contributed by atoms with van der Waals surface area (Å²) in [6, 6.07) is 14.2. The van der Waals surface area contributed by atoms with E-state index in [1.165, 1.54) is 23.8 Å². The van der Waals surface area contributed by atoms with Crippen molar-refractivity contribution >= 4 is 27.5 Å². The Labute approximate surface area is 177 Å². The molecule has 0 aromatic heterocycles. The molecule has 0 aliphatic heterocycles. The van der Waals surface area contributed by atoms with Gasteiger partial charge < -0.3 is 10.1 Å². The molecule has 0 aliphatic rings. The molecular formula is C21H27ClN2O4S. The molecule has 158 valence electrons. The number of hydrogen-bond acceptors (Lipinski definition) is 4. The fraction of sp³-hybridized carbons (Fsp3) is 0.381. The Bertz CT molecular complexity index is 904. The molecule has 2 aromatic carbocycles. The van der Waals surface area contributed by atoms with E-state index in [2.05, 4.69) is 22.2 Å². The van der Waals surface area contributed by atoms with Crippen LogP contribution in [0.3, 0.4) is 0 Å². The summed E-state index contributed by atoms with van der Waals surface area (Å²) in [6.45, 7) is 3.97. The van der Waals surface area contributed by atoms with Crippen molar-refractivity contribution in [2.75, 3.05) is 13.2 Å². The van der Waals surface area contributed by atoms with Gasteiger partial charge in [0.05, 0.1) is 9.92 Å². The Morgan fingerprint density at radius 3 is 2.55 bits per heavy atom. The fourth-order valence-electron chi connectivity index (χ4n) is 2.65. The van der Waals surface area contributed by atoms with Crippen LogP contribution in [0.5, 0.6) is 5.75 Å². The van der Waals surface area contributed by atoms with Crippen molar-refractivity contribution in [2.24, 2.45) is 0 Å². The molecule has 1 atom stereocenters. The summed E-state index contributed by atoms with van der Waals surface area (Å²) in [5.41, 5.74) is 1.22. The van der Waals surface area contributed by atoms with E-state index in [-0.39, 0.29) is 34.2 Å². The maximum Gasteiger partial charge on any atom is 0.258 e. The topological polar surface area (TPSA) is 84.5 Å². The Hall–Kier alpha value is -2.09. The number of halogens is 1. The van der Waals surface area contributed by atoms with Crippen LogP contribution >= 0.6 is 11.6 Å². The van der Waals surface area contributed by atoms with Crippen LogP contribution < -0.4 is 14.8 Å². The quantitative estimate of drug-likeness (QED) is 0.562. The van der Waals surface area contributed by atoms with E-state index in [0.29, 0.717) is 13.0 Å². The van der Waals surface area contributed by atoms with Gasteiger partial charge in [-0.25, -0.2) is 13.1 Å². The van der Waals surface area contributed by atoms with Crippen molar-refractivity contribution in [3.8, 4) is 5.75 Å². The molecule has 0 bridgehead atoms. The average Bonchev–Trinajstić information content (AvgIpc) is 2.70. The van der Waals surface area contributed by atoms with Crippen molar-refractivity contribution in [1.82, 2.24) is 10.0 Å². The molecule has 0 unspecified atom stereocenters. The van der Waals surface area contributed by atoms with Crippen LogP contribution in [0.4, 0.5) is 0 Å². The highest BCUT2D eigenvalue weighted by Gasteiger charge is 2.16. The highest BCUT2D eigenvalue weighted by Crippen LogP contribution is 2.27. The number of aryl methyl sites for hydroxylation is 1. The lowest BCUT2D eigenvalue weighted by molar-refractivity contribution is -0.123. The van der Waals surface area contributed by atoms with Crippen LogP contribution in [0.1, 0.15) is 32.3 Å². The number of nitrogens with one attached hydrogen (secondary N) is 2. The summed E-state index contributed by atoms with van der Waals surface area (Å²) in [7, 11) is -3.61. The molecule has 2 rings (SSSR count). The Balaban J connectivity index is 1.83. The first-order valence-electron chi connectivity index (χ1n) is 9.57. The maximum absolute atomic E-state index is 12.1. The first-order valence-corrected chi connectivity index (χ1v) is 11.4. The third-order valence-corrected chi connectivity index (χ3v) is 5.98. The highest BCUT2D eigenvalue weighted by atomic mass is 35.5. The number of ether oxygens (including phenoxy) is 1. The summed E-state index contributed by atoms with van der Waals surface area (Å²) in [5.74, 6) is -0.00358. The fourth-order valence-corrected chi connectivity index (χ4v) is 4.10. The van der Waals surface area contributed by atoms with Gasteiger partial charge in [0.25, 0.3) is 5.91 Å². The first kappa shape index (κ1) is 23.2. The van der Waals surface area contributed by atoms with Crippen molar-refractivity contribution < 1.29 is 17.9 Å². The summed E-state index contributed by atoms with van der Waals surface area (Å²) < 4.78 is 32.2. The van der Waals surface area contributed by atoms with Crippen molar-refractivity contribution in [3.63, 3.8) is 0 Å². The molecule has 0 fully saturated rings. The molecule has 0 saturated carbocycles. The Kier molecular flexibility index (Phi) is 8.95. The Morgan fingerprint density at radius 1 is 1.17 bits per heavy atom. The number of carbonyl (C=O) groups is 1. The van der Waals surface area contributed by atoms with Gasteiger partial charge in [0.2, 0.25) is 10.0 Å². The minimum Gasteiger partial charge on any atom is -0.482 e. The maximum atomic E-state index is 12.1. The van der Waals surface area contributed by atoms with Gasteiger partial charge in [-0.05, 0) is 49.9 Å². The second kappa shape index (κ2) is 11.2. The first-order chi connectivity index (χ1) is 13.8. The molecule has 8 heteroatoms. The van der Waals surface area contributed by atoms with Gasteiger partial charge in [0.1, 0.15) is 5.75 Å². The zero-order valence-electron chi connectivity index (χ0n) is 16.7. The van der Waals surface area contributed by atoms with Gasteiger partial charge >= 0.3 is 0 Å². The third kappa shape index (κ3) is 7.68. The normalized spacial score (nSPS) is 12.4. The minimum absolute atomic E-state index is 0.000984. The van der Waals surface area contributed by atoms with E-state index < -0.39 is 10.0 Å². The SMILES string of the molecule is CCCNS(=O)(=O)c1ccc(OCC(=O)N[C@@H](C)CCc2ccccc2)c(Cl)c1. The van der Waals surface area contributed by atoms with Gasteiger partial charge in [0.15, 0.2) is 6.61 Å². The molecule has 29 heavy (non-hydrogen) atoms. The summed E-state index contributed by atoms with van der Waals surface area (Å²) in [4.78, 5) is 12.2. The zero-order chi connectivity index (χ0) is 21.3. The smallest absolute Gasteiger partial charge is 0.258 e. The van der Waals surface area contributed by atoms with E-state index >= 15 is 0 Å². The molecule has 1 amide bonds. The van der Waals surface area contributed by atoms with Gasteiger partial charge in [-0.2, -0.15) is 0 Å². The van der Waals surface area contributed by atoms with Gasteiger partial charge in [-0.3, -0.25) is 4.79 Å². The lowest BCUT2D eigenvalue weighted by atomic mass is 10.1. The number of carbonyl (C=O) groups excluding carboxylic acids is 1. The van der Waals surface area contributed by atoms with E-state index in [9.17, 15) is 13.2 Å². The zero-order valence-corrected chi connectivity index (χ0v) is 18.2. The van der Waals surface area contributed by atoms with Crippen LogP contribution in [0, 0.1) is 0 Å². The summed E-state index contributed by atoms with van der Waals surface area (Å²) in [6.07, 6.45) is 2.37. The largest absolute Gasteiger partial charge is 0.482 e. The third-order valence-electron chi connectivity index (χ3n) is 4.23. The predicted molar refractivity (Wildman–Crippen MR) is 115 cm³/mol. The van der Waals surface area contributed by atoms with E-state index in [1.807, 2.05) is 32.0 Å². The number of sulfonamides is 1. The van der Waals surface area contributed by atoms with Crippen molar-refractivity contribution in [3.05, 3.63) is 59.1 Å². The van der Waals surface area contributed by atoms with Gasteiger partial charge in [-0.1, -0.05) is 48.9 Å². The van der Waals surface area contributed by atoms with Crippen LogP contribution in [0.2, 0.25) is 5.02 Å². The van der Waals surface area contributed by atoms with Crippen molar-refractivity contribution in [1.29, 1.82) is 0 Å². The second-order valence-corrected chi connectivity index (χ2v) is 8.95. The second-order valence-electron chi connectivity index (χ2n) is 6.77. The van der Waals surface area contributed by atoms with Crippen LogP contribution in [0.25, 0.3) is 0 Å². The lowest BCUT2D eigenvalue weighted by Gasteiger charge is -2.15. The molecule has 0 saturated heterocycles. The number of rotatable bonds is 11. The molecule has 6 nitrogen and oxygen atoms in total. The molecule has 2 aromatic rings. The van der Waals surface area contributed by atoms with Crippen LogP contribution in [-0.4, -0.2) is 33.5 Å². The van der Waals surface area contributed by atoms with Crippen LogP contribution in [-0.2, 0) is 21.2 Å². The standard InChI is InChI=1S/C21H27ClN2O4S/c1-3-13-23-29(26,27)18-11-12-20(19(22)14-18)28-15-21(25)24-16(2)9-10-17-7-5-4-6-8-17/h4-8,11-12,14,16,23H,3,9-10,13,15H2,1-2H3,(H,24,25)/t16-/m0/s1. The van der Waals surface area contributed by atoms with Gasteiger partial charge in [0, 0.05) is 12.6 Å². The average molecular weight is 439 g/mol.